The van der Waals surface area contributed by atoms with Gasteiger partial charge in [-0.05, 0) is 32.9 Å². The molecule has 4 heteroatoms. The third kappa shape index (κ3) is 5.99. The molecule has 0 bridgehead atoms. The molecule has 0 saturated carbocycles. The summed E-state index contributed by atoms with van der Waals surface area (Å²) in [5, 5.41) is 3.29. The van der Waals surface area contributed by atoms with Gasteiger partial charge in [0.05, 0.1) is 18.8 Å². The van der Waals surface area contributed by atoms with Gasteiger partial charge >= 0.3 is 0 Å². The highest BCUT2D eigenvalue weighted by Gasteiger charge is 2.18. The molecule has 2 atom stereocenters. The SMILES string of the molecule is CCCNCC(OC(C)COCC)c1ccccc1F. The lowest BCUT2D eigenvalue weighted by Crippen LogP contribution is -2.28. The first-order chi connectivity index (χ1) is 9.69. The Morgan fingerprint density at radius 1 is 1.25 bits per heavy atom. The number of ether oxygens (including phenoxy) is 2. The van der Waals surface area contributed by atoms with Gasteiger partial charge in [-0.1, -0.05) is 25.1 Å². The highest BCUT2D eigenvalue weighted by atomic mass is 19.1. The molecule has 1 N–H and O–H groups in total. The first kappa shape index (κ1) is 17.1. The molecule has 0 aliphatic carbocycles. The average Bonchev–Trinajstić information content (AvgIpc) is 2.45. The molecule has 0 radical (unpaired) electrons. The largest absolute Gasteiger partial charge is 0.379 e. The van der Waals surface area contributed by atoms with Crippen LogP contribution in [0.1, 0.15) is 38.9 Å². The van der Waals surface area contributed by atoms with Crippen molar-refractivity contribution in [3.63, 3.8) is 0 Å². The Kier molecular flexibility index (Phi) is 8.42. The normalized spacial score (nSPS) is 14.2. The number of hydrogen-bond acceptors (Lipinski definition) is 3. The zero-order chi connectivity index (χ0) is 14.8. The summed E-state index contributed by atoms with van der Waals surface area (Å²) in [5.74, 6) is -0.223. The highest BCUT2D eigenvalue weighted by Crippen LogP contribution is 2.21. The molecule has 3 nitrogen and oxygen atoms in total. The van der Waals surface area contributed by atoms with E-state index in [-0.39, 0.29) is 18.0 Å². The van der Waals surface area contributed by atoms with Crippen molar-refractivity contribution < 1.29 is 13.9 Å². The predicted octanol–water partition coefficient (Wildman–Crippen LogP) is 3.31. The van der Waals surface area contributed by atoms with Crippen LogP contribution in [0.15, 0.2) is 24.3 Å². The molecule has 0 aromatic heterocycles. The molecule has 0 heterocycles. The molecular weight excluding hydrogens is 257 g/mol. The van der Waals surface area contributed by atoms with Crippen molar-refractivity contribution in [2.24, 2.45) is 0 Å². The predicted molar refractivity (Wildman–Crippen MR) is 79.3 cm³/mol. The molecule has 0 saturated heterocycles. The number of benzene rings is 1. The molecule has 2 unspecified atom stereocenters. The van der Waals surface area contributed by atoms with Crippen LogP contribution in [0.4, 0.5) is 4.39 Å². The Hall–Kier alpha value is -0.970. The summed E-state index contributed by atoms with van der Waals surface area (Å²) in [7, 11) is 0. The van der Waals surface area contributed by atoms with Gasteiger partial charge in [0.1, 0.15) is 5.82 Å². The van der Waals surface area contributed by atoms with E-state index >= 15 is 0 Å². The van der Waals surface area contributed by atoms with E-state index in [2.05, 4.69) is 12.2 Å². The van der Waals surface area contributed by atoms with Gasteiger partial charge in [0.2, 0.25) is 0 Å². The second-order valence-electron chi connectivity index (χ2n) is 4.82. The first-order valence-corrected chi connectivity index (χ1v) is 7.37. The van der Waals surface area contributed by atoms with Gasteiger partial charge < -0.3 is 14.8 Å². The van der Waals surface area contributed by atoms with Crippen molar-refractivity contribution in [3.05, 3.63) is 35.6 Å². The maximum absolute atomic E-state index is 13.9. The summed E-state index contributed by atoms with van der Waals surface area (Å²) < 4.78 is 25.2. The lowest BCUT2D eigenvalue weighted by molar-refractivity contribution is -0.0480. The molecule has 20 heavy (non-hydrogen) atoms. The van der Waals surface area contributed by atoms with Crippen molar-refractivity contribution >= 4 is 0 Å². The highest BCUT2D eigenvalue weighted by molar-refractivity contribution is 5.20. The van der Waals surface area contributed by atoms with E-state index in [1.807, 2.05) is 19.9 Å². The van der Waals surface area contributed by atoms with Gasteiger partial charge in [-0.25, -0.2) is 4.39 Å². The summed E-state index contributed by atoms with van der Waals surface area (Å²) in [5.41, 5.74) is 0.597. The quantitative estimate of drug-likeness (QED) is 0.668. The third-order valence-electron chi connectivity index (χ3n) is 2.96. The van der Waals surface area contributed by atoms with Gasteiger partial charge in [-0.2, -0.15) is 0 Å². The number of hydrogen-bond donors (Lipinski definition) is 1. The minimum atomic E-state index is -0.293. The van der Waals surface area contributed by atoms with Crippen LogP contribution in [-0.4, -0.2) is 32.4 Å². The van der Waals surface area contributed by atoms with Crippen LogP contribution in [0.25, 0.3) is 0 Å². The summed E-state index contributed by atoms with van der Waals surface area (Å²) in [6.45, 7) is 8.68. The van der Waals surface area contributed by atoms with Gasteiger partial charge in [-0.15, -0.1) is 0 Å². The summed E-state index contributed by atoms with van der Waals surface area (Å²) >= 11 is 0. The molecule has 1 aromatic carbocycles. The molecule has 0 aliphatic rings. The molecule has 114 valence electrons. The van der Waals surface area contributed by atoms with Crippen LogP contribution in [0.2, 0.25) is 0 Å². The Bertz CT molecular complexity index is 373. The lowest BCUT2D eigenvalue weighted by Gasteiger charge is -2.23. The van der Waals surface area contributed by atoms with E-state index < -0.39 is 0 Å². The monoisotopic (exact) mass is 283 g/mol. The number of rotatable bonds is 10. The Morgan fingerprint density at radius 3 is 2.65 bits per heavy atom. The van der Waals surface area contributed by atoms with E-state index in [9.17, 15) is 4.39 Å². The van der Waals surface area contributed by atoms with E-state index in [0.717, 1.165) is 13.0 Å². The molecule has 0 aliphatic heterocycles. The minimum absolute atomic E-state index is 0.0667. The van der Waals surface area contributed by atoms with Gasteiger partial charge in [0, 0.05) is 18.7 Å². The minimum Gasteiger partial charge on any atom is -0.379 e. The molecule has 0 spiro atoms. The lowest BCUT2D eigenvalue weighted by atomic mass is 10.1. The molecule has 0 amide bonds. The van der Waals surface area contributed by atoms with Gasteiger partial charge in [0.15, 0.2) is 0 Å². The zero-order valence-electron chi connectivity index (χ0n) is 12.7. The van der Waals surface area contributed by atoms with Crippen LogP contribution in [0.3, 0.4) is 0 Å². The average molecular weight is 283 g/mol. The Balaban J connectivity index is 2.67. The second kappa shape index (κ2) is 9.86. The fourth-order valence-corrected chi connectivity index (χ4v) is 1.98. The topological polar surface area (TPSA) is 30.5 Å². The summed E-state index contributed by atoms with van der Waals surface area (Å²) in [4.78, 5) is 0. The Morgan fingerprint density at radius 2 is 2.00 bits per heavy atom. The number of nitrogens with one attached hydrogen (secondary N) is 1. The Labute approximate surface area is 121 Å². The van der Waals surface area contributed by atoms with Crippen molar-refractivity contribution in [1.82, 2.24) is 5.32 Å². The van der Waals surface area contributed by atoms with Crippen molar-refractivity contribution in [1.29, 1.82) is 0 Å². The smallest absolute Gasteiger partial charge is 0.129 e. The third-order valence-corrected chi connectivity index (χ3v) is 2.96. The standard InChI is InChI=1S/C16H26FNO2/c1-4-10-18-11-16(20-13(3)12-19-5-2)14-8-6-7-9-15(14)17/h6-9,13,16,18H,4-5,10-12H2,1-3H3. The van der Waals surface area contributed by atoms with Crippen molar-refractivity contribution in [2.45, 2.75) is 39.4 Å². The number of halogens is 1. The maximum Gasteiger partial charge on any atom is 0.129 e. The van der Waals surface area contributed by atoms with Crippen LogP contribution in [-0.2, 0) is 9.47 Å². The van der Waals surface area contributed by atoms with Crippen molar-refractivity contribution in [3.8, 4) is 0 Å². The first-order valence-electron chi connectivity index (χ1n) is 7.37. The van der Waals surface area contributed by atoms with Crippen LogP contribution in [0, 0.1) is 5.82 Å². The molecular formula is C16H26FNO2. The van der Waals surface area contributed by atoms with E-state index in [1.54, 1.807) is 12.1 Å². The summed E-state index contributed by atoms with van der Waals surface area (Å²) in [6, 6.07) is 6.78. The van der Waals surface area contributed by atoms with E-state index in [1.165, 1.54) is 6.07 Å². The zero-order valence-corrected chi connectivity index (χ0v) is 12.7. The fraction of sp³-hybridized carbons (Fsp3) is 0.625. The van der Waals surface area contributed by atoms with Crippen molar-refractivity contribution in [2.75, 3.05) is 26.3 Å². The molecule has 1 rings (SSSR count). The second-order valence-corrected chi connectivity index (χ2v) is 4.82. The summed E-state index contributed by atoms with van der Waals surface area (Å²) in [6.07, 6.45) is 0.680. The van der Waals surface area contributed by atoms with E-state index in [0.29, 0.717) is 25.3 Å². The van der Waals surface area contributed by atoms with Gasteiger partial charge in [0.25, 0.3) is 0 Å². The van der Waals surface area contributed by atoms with Crippen LogP contribution >= 0.6 is 0 Å². The fourth-order valence-electron chi connectivity index (χ4n) is 1.98. The van der Waals surface area contributed by atoms with Crippen LogP contribution in [0.5, 0.6) is 0 Å². The van der Waals surface area contributed by atoms with E-state index in [4.69, 9.17) is 9.47 Å². The maximum atomic E-state index is 13.9. The van der Waals surface area contributed by atoms with Gasteiger partial charge in [-0.3, -0.25) is 0 Å². The molecule has 0 fully saturated rings. The van der Waals surface area contributed by atoms with Crippen LogP contribution < -0.4 is 5.32 Å². The molecule has 1 aromatic rings.